The molecule has 0 aromatic carbocycles. The van der Waals surface area contributed by atoms with Crippen LogP contribution in [0.4, 0.5) is 0 Å². The van der Waals surface area contributed by atoms with E-state index >= 15 is 0 Å². The summed E-state index contributed by atoms with van der Waals surface area (Å²) in [6.45, 7) is 9.19. The second-order valence-corrected chi connectivity index (χ2v) is 6.36. The van der Waals surface area contributed by atoms with E-state index in [-0.39, 0.29) is 18.5 Å². The molecule has 6 nitrogen and oxygen atoms in total. The van der Waals surface area contributed by atoms with Gasteiger partial charge in [-0.15, -0.1) is 0 Å². The van der Waals surface area contributed by atoms with E-state index in [1.165, 1.54) is 7.11 Å². The van der Waals surface area contributed by atoms with E-state index in [4.69, 9.17) is 19.3 Å². The number of carboxylic acids is 1. The number of methoxy groups -OCH3 is 2. The normalized spacial score (nSPS) is 17.4. The lowest BCUT2D eigenvalue weighted by atomic mass is 9.61. The zero-order valence-corrected chi connectivity index (χ0v) is 14.8. The van der Waals surface area contributed by atoms with Crippen LogP contribution in [-0.2, 0) is 23.8 Å². The molecule has 0 fully saturated rings. The van der Waals surface area contributed by atoms with E-state index in [1.54, 1.807) is 27.9 Å². The molecule has 0 aliphatic carbocycles. The molecule has 0 aromatic rings. The van der Waals surface area contributed by atoms with E-state index in [0.29, 0.717) is 12.8 Å². The number of carboxylic acid groups (broad SMARTS) is 1. The molecule has 0 heterocycles. The molecule has 22 heavy (non-hydrogen) atoms. The van der Waals surface area contributed by atoms with Gasteiger partial charge in [0, 0.05) is 18.9 Å². The predicted molar refractivity (Wildman–Crippen MR) is 82.4 cm³/mol. The number of hydrogen-bond donors (Lipinski definition) is 1. The monoisotopic (exact) mass is 318 g/mol. The molecule has 0 amide bonds. The summed E-state index contributed by atoms with van der Waals surface area (Å²) in [7, 11) is 2.90. The van der Waals surface area contributed by atoms with Crippen molar-refractivity contribution in [2.75, 3.05) is 14.2 Å². The fraction of sp³-hybridized carbons (Fsp3) is 0.875. The summed E-state index contributed by atoms with van der Waals surface area (Å²) in [5, 5.41) is 8.85. The van der Waals surface area contributed by atoms with Gasteiger partial charge in [0.2, 0.25) is 0 Å². The fourth-order valence-electron chi connectivity index (χ4n) is 2.61. The lowest BCUT2D eigenvalue weighted by Gasteiger charge is -2.46. The minimum absolute atomic E-state index is 0.0550. The number of aliphatic carboxylic acids is 1. The highest BCUT2D eigenvalue weighted by molar-refractivity contribution is 5.77. The number of rotatable bonds is 10. The summed E-state index contributed by atoms with van der Waals surface area (Å²) in [5.74, 6) is -1.19. The van der Waals surface area contributed by atoms with Gasteiger partial charge in [0.15, 0.2) is 6.29 Å². The zero-order valence-electron chi connectivity index (χ0n) is 14.8. The topological polar surface area (TPSA) is 82.1 Å². The minimum Gasteiger partial charge on any atom is -0.481 e. The molecular formula is C16H30O6. The molecule has 0 spiro atoms. The summed E-state index contributed by atoms with van der Waals surface area (Å²) < 4.78 is 15.9. The molecule has 0 rings (SSSR count). The lowest BCUT2D eigenvalue weighted by Crippen LogP contribution is -2.50. The third-order valence-corrected chi connectivity index (χ3v) is 4.84. The Morgan fingerprint density at radius 2 is 1.68 bits per heavy atom. The van der Waals surface area contributed by atoms with Crippen LogP contribution in [0.1, 0.15) is 53.9 Å². The zero-order chi connectivity index (χ0) is 17.6. The highest BCUT2D eigenvalue weighted by Gasteiger charge is 2.51. The Kier molecular flexibility index (Phi) is 8.04. The van der Waals surface area contributed by atoms with Gasteiger partial charge in [-0.3, -0.25) is 9.59 Å². The first-order valence-corrected chi connectivity index (χ1v) is 7.51. The van der Waals surface area contributed by atoms with Crippen LogP contribution in [0.5, 0.6) is 0 Å². The predicted octanol–water partition coefficient (Wildman–Crippen LogP) is 2.84. The Morgan fingerprint density at radius 1 is 1.14 bits per heavy atom. The van der Waals surface area contributed by atoms with Gasteiger partial charge in [0.05, 0.1) is 18.6 Å². The molecule has 130 valence electrons. The quantitative estimate of drug-likeness (QED) is 0.493. The molecule has 0 saturated carbocycles. The summed E-state index contributed by atoms with van der Waals surface area (Å²) in [6, 6.07) is 0. The molecule has 1 N–H and O–H groups in total. The molecule has 0 radical (unpaired) electrons. The summed E-state index contributed by atoms with van der Waals surface area (Å²) >= 11 is 0. The van der Waals surface area contributed by atoms with Crippen LogP contribution >= 0.6 is 0 Å². The Morgan fingerprint density at radius 3 is 2.09 bits per heavy atom. The Balaban J connectivity index is 5.35. The smallest absolute Gasteiger partial charge is 0.311 e. The first-order chi connectivity index (χ1) is 10.0. The van der Waals surface area contributed by atoms with E-state index in [1.807, 2.05) is 13.8 Å². The van der Waals surface area contributed by atoms with E-state index in [0.717, 1.165) is 0 Å². The molecular weight excluding hydrogens is 288 g/mol. The first-order valence-electron chi connectivity index (χ1n) is 7.51. The van der Waals surface area contributed by atoms with Crippen LogP contribution in [-0.4, -0.2) is 43.7 Å². The third kappa shape index (κ3) is 4.95. The minimum atomic E-state index is -0.850. The highest BCUT2D eigenvalue weighted by atomic mass is 16.7. The van der Waals surface area contributed by atoms with E-state index in [2.05, 4.69) is 0 Å². The number of ether oxygens (including phenoxy) is 3. The number of hydrogen-bond acceptors (Lipinski definition) is 5. The molecule has 3 atom stereocenters. The lowest BCUT2D eigenvalue weighted by molar-refractivity contribution is -0.200. The van der Waals surface area contributed by atoms with Gasteiger partial charge in [-0.2, -0.15) is 0 Å². The van der Waals surface area contributed by atoms with Crippen molar-refractivity contribution in [1.82, 2.24) is 0 Å². The molecule has 6 heteroatoms. The van der Waals surface area contributed by atoms with Crippen LogP contribution in [0.3, 0.4) is 0 Å². The van der Waals surface area contributed by atoms with Crippen molar-refractivity contribution in [3.8, 4) is 0 Å². The van der Waals surface area contributed by atoms with Crippen molar-refractivity contribution in [3.05, 3.63) is 0 Å². The Bertz CT molecular complexity index is 379. The van der Waals surface area contributed by atoms with Crippen LogP contribution in [0.25, 0.3) is 0 Å². The SMILES string of the molecule is COC(=O)C(C)(C)C(C)(CCCC(=O)O)C(C)OC(C)OC. The number of carbonyl (C=O) groups excluding carboxylic acids is 1. The molecule has 0 aliphatic rings. The second kappa shape index (κ2) is 8.48. The summed E-state index contributed by atoms with van der Waals surface area (Å²) in [4.78, 5) is 23.0. The molecule has 0 aromatic heterocycles. The van der Waals surface area contributed by atoms with Crippen molar-refractivity contribution in [3.63, 3.8) is 0 Å². The second-order valence-electron chi connectivity index (χ2n) is 6.36. The van der Waals surface area contributed by atoms with Gasteiger partial charge < -0.3 is 19.3 Å². The van der Waals surface area contributed by atoms with Crippen molar-refractivity contribution in [1.29, 1.82) is 0 Å². The van der Waals surface area contributed by atoms with Gasteiger partial charge in [0.25, 0.3) is 0 Å². The molecule has 3 unspecified atom stereocenters. The van der Waals surface area contributed by atoms with Gasteiger partial charge in [-0.1, -0.05) is 6.92 Å². The third-order valence-electron chi connectivity index (χ3n) is 4.84. The van der Waals surface area contributed by atoms with Crippen molar-refractivity contribution < 1.29 is 28.9 Å². The maximum atomic E-state index is 12.2. The van der Waals surface area contributed by atoms with Crippen LogP contribution in [0, 0.1) is 10.8 Å². The first kappa shape index (κ1) is 20.9. The van der Waals surface area contributed by atoms with Gasteiger partial charge in [-0.05, 0) is 40.5 Å². The average Bonchev–Trinajstić information content (AvgIpc) is 2.44. The van der Waals surface area contributed by atoms with Crippen molar-refractivity contribution >= 4 is 11.9 Å². The largest absolute Gasteiger partial charge is 0.481 e. The number of esters is 1. The average molecular weight is 318 g/mol. The van der Waals surface area contributed by atoms with Crippen molar-refractivity contribution in [2.24, 2.45) is 10.8 Å². The maximum absolute atomic E-state index is 12.2. The molecule has 0 aliphatic heterocycles. The van der Waals surface area contributed by atoms with E-state index in [9.17, 15) is 9.59 Å². The standard InChI is InChI=1S/C16H30O6/c1-11(22-12(2)20-6)16(5,10-8-9-13(17)18)15(3,4)14(19)21-7/h11-12H,8-10H2,1-7H3,(H,17,18). The van der Waals surface area contributed by atoms with Crippen LogP contribution in [0.15, 0.2) is 0 Å². The fourth-order valence-corrected chi connectivity index (χ4v) is 2.61. The van der Waals surface area contributed by atoms with Crippen LogP contribution < -0.4 is 0 Å². The number of carbonyl (C=O) groups is 2. The van der Waals surface area contributed by atoms with Crippen LogP contribution in [0.2, 0.25) is 0 Å². The molecule has 0 saturated heterocycles. The maximum Gasteiger partial charge on any atom is 0.311 e. The van der Waals surface area contributed by atoms with Gasteiger partial charge in [0.1, 0.15) is 0 Å². The highest BCUT2D eigenvalue weighted by Crippen LogP contribution is 2.47. The summed E-state index contributed by atoms with van der Waals surface area (Å²) in [5.41, 5.74) is -1.42. The molecule has 0 bridgehead atoms. The Labute approximate surface area is 133 Å². The van der Waals surface area contributed by atoms with Gasteiger partial charge in [-0.25, -0.2) is 0 Å². The summed E-state index contributed by atoms with van der Waals surface area (Å²) in [6.07, 6.45) is 0.312. The van der Waals surface area contributed by atoms with E-state index < -0.39 is 23.1 Å². The van der Waals surface area contributed by atoms with Crippen molar-refractivity contribution in [2.45, 2.75) is 66.3 Å². The van der Waals surface area contributed by atoms with Gasteiger partial charge >= 0.3 is 11.9 Å². The Hall–Kier alpha value is -1.14.